The van der Waals surface area contributed by atoms with Gasteiger partial charge >= 0.3 is 23.9 Å². The first kappa shape index (κ1) is 27.2. The zero-order valence-corrected chi connectivity index (χ0v) is 21.0. The van der Waals surface area contributed by atoms with Crippen LogP contribution in [0.4, 0.5) is 17.6 Å². The molecular formula is C27H23F4N4O5+. The maximum absolute atomic E-state index is 13.9. The average molecular weight is 559 g/mol. The van der Waals surface area contributed by atoms with Crippen molar-refractivity contribution in [3.05, 3.63) is 82.4 Å². The second-order valence-electron chi connectivity index (χ2n) is 9.31. The van der Waals surface area contributed by atoms with Crippen molar-refractivity contribution in [3.8, 4) is 0 Å². The summed E-state index contributed by atoms with van der Waals surface area (Å²) >= 11 is 0. The van der Waals surface area contributed by atoms with Crippen LogP contribution in [0.5, 0.6) is 0 Å². The zero-order chi connectivity index (χ0) is 28.8. The first-order chi connectivity index (χ1) is 19.0. The molecule has 0 saturated carbocycles. The summed E-state index contributed by atoms with van der Waals surface area (Å²) in [6, 6.07) is 7.24. The van der Waals surface area contributed by atoms with Gasteiger partial charge < -0.3 is 15.2 Å². The van der Waals surface area contributed by atoms with Gasteiger partial charge in [-0.05, 0) is 42.8 Å². The van der Waals surface area contributed by atoms with Gasteiger partial charge in [0.25, 0.3) is 5.91 Å². The van der Waals surface area contributed by atoms with E-state index < -0.39 is 47.3 Å². The minimum Gasteiger partial charge on any atom is -0.476 e. The molecule has 40 heavy (non-hydrogen) atoms. The average Bonchev–Trinajstić information content (AvgIpc) is 3.58. The van der Waals surface area contributed by atoms with Crippen LogP contribution in [0.3, 0.4) is 0 Å². The molecule has 2 N–H and O–H groups in total. The second-order valence-corrected chi connectivity index (χ2v) is 9.31. The summed E-state index contributed by atoms with van der Waals surface area (Å²) in [5.41, 5.74) is -0.743. The fraction of sp³-hybridized carbons (Fsp3) is 0.296. The van der Waals surface area contributed by atoms with Crippen LogP contribution >= 0.6 is 0 Å². The third-order valence-corrected chi connectivity index (χ3v) is 6.92. The second kappa shape index (κ2) is 10.3. The lowest BCUT2D eigenvalue weighted by molar-refractivity contribution is -0.496. The smallest absolute Gasteiger partial charge is 0.416 e. The van der Waals surface area contributed by atoms with Crippen molar-refractivity contribution in [1.29, 1.82) is 0 Å². The van der Waals surface area contributed by atoms with E-state index in [-0.39, 0.29) is 35.8 Å². The SMILES string of the molecule is CCN1C(=O)[C@@H](NC(=O)c2cccc(C(F)(F)F)c2)[C@@H](c2ccc(F)cc2)C2=C1/[N+](=C1/CCOC1)N=C2C(=O)O. The van der Waals surface area contributed by atoms with E-state index in [4.69, 9.17) is 4.74 Å². The van der Waals surface area contributed by atoms with Crippen LogP contribution in [0.2, 0.25) is 0 Å². The van der Waals surface area contributed by atoms with Crippen LogP contribution in [0.15, 0.2) is 65.0 Å². The van der Waals surface area contributed by atoms with Crippen LogP contribution in [0.25, 0.3) is 0 Å². The van der Waals surface area contributed by atoms with Crippen molar-refractivity contribution in [2.45, 2.75) is 31.5 Å². The van der Waals surface area contributed by atoms with Gasteiger partial charge in [-0.2, -0.15) is 18.1 Å². The molecule has 3 heterocycles. The number of carbonyl (C=O) groups is 3. The Labute approximate surface area is 225 Å². The van der Waals surface area contributed by atoms with Gasteiger partial charge in [-0.15, -0.1) is 4.68 Å². The van der Waals surface area contributed by atoms with Gasteiger partial charge in [0.15, 0.2) is 0 Å². The number of ether oxygens (including phenoxy) is 1. The number of rotatable bonds is 5. The maximum Gasteiger partial charge on any atom is 0.416 e. The maximum atomic E-state index is 13.9. The fourth-order valence-corrected chi connectivity index (χ4v) is 5.09. The molecule has 3 aliphatic rings. The molecule has 2 aromatic rings. The first-order valence-corrected chi connectivity index (χ1v) is 12.3. The van der Waals surface area contributed by atoms with E-state index in [1.165, 1.54) is 27.8 Å². The van der Waals surface area contributed by atoms with Gasteiger partial charge in [0.2, 0.25) is 5.71 Å². The molecule has 2 atom stereocenters. The lowest BCUT2D eigenvalue weighted by atomic mass is 9.79. The molecule has 0 aliphatic carbocycles. The molecule has 13 heteroatoms. The summed E-state index contributed by atoms with van der Waals surface area (Å²) in [4.78, 5) is 40.9. The molecule has 3 aliphatic heterocycles. The van der Waals surface area contributed by atoms with E-state index in [0.29, 0.717) is 30.4 Å². The van der Waals surface area contributed by atoms with Crippen molar-refractivity contribution in [3.63, 3.8) is 0 Å². The highest BCUT2D eigenvalue weighted by Gasteiger charge is 2.55. The van der Waals surface area contributed by atoms with E-state index in [0.717, 1.165) is 24.3 Å². The van der Waals surface area contributed by atoms with E-state index in [1.54, 1.807) is 6.92 Å². The fourth-order valence-electron chi connectivity index (χ4n) is 5.09. The van der Waals surface area contributed by atoms with Crippen LogP contribution < -0.4 is 5.32 Å². The topological polar surface area (TPSA) is 111 Å². The number of halogens is 4. The minimum atomic E-state index is -4.70. The third-order valence-electron chi connectivity index (χ3n) is 6.92. The van der Waals surface area contributed by atoms with Gasteiger partial charge in [0.1, 0.15) is 24.2 Å². The Hall–Kier alpha value is -4.39. The number of alkyl halides is 3. The number of aliphatic carboxylic acids is 1. The number of carboxylic acid groups (broad SMARTS) is 1. The van der Waals surface area contributed by atoms with E-state index in [2.05, 4.69) is 10.4 Å². The molecule has 5 rings (SSSR count). The van der Waals surface area contributed by atoms with Crippen LogP contribution in [0.1, 0.15) is 40.7 Å². The predicted octanol–water partition coefficient (Wildman–Crippen LogP) is 3.13. The third kappa shape index (κ3) is 4.76. The minimum absolute atomic E-state index is 0.0663. The molecule has 0 unspecified atom stereocenters. The summed E-state index contributed by atoms with van der Waals surface area (Å²) < 4.78 is 60.5. The Morgan fingerprint density at radius 2 is 1.93 bits per heavy atom. The van der Waals surface area contributed by atoms with Gasteiger partial charge in [-0.3, -0.25) is 4.79 Å². The molecule has 0 aromatic heterocycles. The number of amides is 2. The monoisotopic (exact) mass is 559 g/mol. The van der Waals surface area contributed by atoms with Crippen molar-refractivity contribution in [2.75, 3.05) is 19.8 Å². The highest BCUT2D eigenvalue weighted by molar-refractivity contribution is 6.43. The Bertz CT molecular complexity index is 1490. The zero-order valence-electron chi connectivity index (χ0n) is 21.0. The van der Waals surface area contributed by atoms with Crippen molar-refractivity contribution in [2.24, 2.45) is 5.10 Å². The van der Waals surface area contributed by atoms with Crippen molar-refractivity contribution in [1.82, 2.24) is 10.2 Å². The molecule has 1 saturated heterocycles. The Morgan fingerprint density at radius 3 is 2.52 bits per heavy atom. The van der Waals surface area contributed by atoms with Gasteiger partial charge in [-0.25, -0.2) is 14.0 Å². The van der Waals surface area contributed by atoms with Crippen LogP contribution in [-0.2, 0) is 20.5 Å². The first-order valence-electron chi connectivity index (χ1n) is 12.3. The molecular weight excluding hydrogens is 536 g/mol. The van der Waals surface area contributed by atoms with Crippen molar-refractivity contribution < 1.29 is 46.5 Å². The summed E-state index contributed by atoms with van der Waals surface area (Å²) in [5.74, 6) is -4.55. The molecule has 9 nitrogen and oxygen atoms in total. The van der Waals surface area contributed by atoms with Gasteiger partial charge in [0.05, 0.1) is 30.2 Å². The molecule has 0 spiro atoms. The number of likely N-dealkylation sites (N-methyl/N-ethyl adjacent to an activating group) is 1. The number of hydrogen-bond donors (Lipinski definition) is 2. The lowest BCUT2D eigenvalue weighted by Gasteiger charge is -2.34. The van der Waals surface area contributed by atoms with Crippen LogP contribution in [0, 0.1) is 5.82 Å². The number of benzene rings is 2. The van der Waals surface area contributed by atoms with Crippen molar-refractivity contribution >= 4 is 29.2 Å². The van der Waals surface area contributed by atoms with Crippen LogP contribution in [-0.4, -0.2) is 69.7 Å². The molecule has 2 aromatic carbocycles. The molecule has 2 amide bonds. The number of carbonyl (C=O) groups excluding carboxylic acids is 2. The number of carboxylic acids is 1. The molecule has 1 fully saturated rings. The summed E-state index contributed by atoms with van der Waals surface area (Å²) in [6.45, 7) is 2.26. The molecule has 0 radical (unpaired) electrons. The highest BCUT2D eigenvalue weighted by Crippen LogP contribution is 2.41. The standard InChI is InChI=1S/C27H22F4N4O5/c1-2-34-24-20(22(26(38)39)33-35(24)18-10-11-40-13-18)19(14-6-8-17(28)9-7-14)21(25(34)37)32-23(36)15-4-3-5-16(12-15)27(29,30)31/h3-9,12,19,21H,2,10-11,13H2,1H3,(H-,32,36,38,39)/p+1/b35-18+/t19-,21-/m0/s1. The summed E-state index contributed by atoms with van der Waals surface area (Å²) in [5, 5.41) is 16.9. The normalized spacial score (nSPS) is 22.9. The predicted molar refractivity (Wildman–Crippen MR) is 132 cm³/mol. The molecule has 0 bridgehead atoms. The molecule has 208 valence electrons. The Balaban J connectivity index is 1.67. The number of nitrogens with zero attached hydrogens (tertiary/aromatic N) is 3. The number of hydrazone groups is 1. The summed E-state index contributed by atoms with van der Waals surface area (Å²) in [7, 11) is 0. The van der Waals surface area contributed by atoms with Gasteiger partial charge in [0, 0.05) is 12.0 Å². The largest absolute Gasteiger partial charge is 0.476 e. The van der Waals surface area contributed by atoms with E-state index in [9.17, 15) is 37.1 Å². The number of nitrogens with one attached hydrogen (secondary N) is 1. The Morgan fingerprint density at radius 1 is 1.20 bits per heavy atom. The lowest BCUT2D eigenvalue weighted by Crippen LogP contribution is -2.56. The highest BCUT2D eigenvalue weighted by atomic mass is 19.4. The number of hydrogen-bond acceptors (Lipinski definition) is 5. The van der Waals surface area contributed by atoms with E-state index in [1.807, 2.05) is 0 Å². The summed E-state index contributed by atoms with van der Waals surface area (Å²) in [6.07, 6.45) is -4.26. The quantitative estimate of drug-likeness (QED) is 0.432. The Kier molecular flexibility index (Phi) is 7.00. The van der Waals surface area contributed by atoms with E-state index >= 15 is 0 Å². The van der Waals surface area contributed by atoms with Gasteiger partial charge in [-0.1, -0.05) is 23.3 Å².